The zero-order valence-corrected chi connectivity index (χ0v) is 11.4. The Hall–Kier alpha value is -1.00. The fourth-order valence-corrected chi connectivity index (χ4v) is 2.32. The largest absolute Gasteiger partial charge is 0.352 e. The number of benzene rings is 1. The van der Waals surface area contributed by atoms with E-state index in [0.717, 1.165) is 0 Å². The van der Waals surface area contributed by atoms with Gasteiger partial charge in [-0.3, -0.25) is 4.79 Å². The number of nitrogens with one attached hydrogen (secondary N) is 1. The number of rotatable bonds is 5. The third-order valence-electron chi connectivity index (χ3n) is 2.46. The van der Waals surface area contributed by atoms with Crippen LogP contribution in [0.5, 0.6) is 0 Å². The van der Waals surface area contributed by atoms with Gasteiger partial charge in [0.15, 0.2) is 0 Å². The van der Waals surface area contributed by atoms with Crippen molar-refractivity contribution in [3.05, 3.63) is 29.3 Å². The van der Waals surface area contributed by atoms with Crippen molar-refractivity contribution in [2.75, 3.05) is 12.3 Å². The minimum atomic E-state index is 0.0360. The van der Waals surface area contributed by atoms with Crippen LogP contribution in [-0.4, -0.2) is 24.2 Å². The predicted molar refractivity (Wildman–Crippen MR) is 73.3 cm³/mol. The van der Waals surface area contributed by atoms with Crippen molar-refractivity contribution in [1.29, 1.82) is 0 Å². The highest BCUT2D eigenvalue weighted by Gasteiger charge is 2.07. The van der Waals surface area contributed by atoms with Crippen LogP contribution in [0.15, 0.2) is 23.1 Å². The Bertz CT molecular complexity index is 393. The van der Waals surface area contributed by atoms with Gasteiger partial charge in [-0.15, -0.1) is 11.8 Å². The number of hydrogen-bond donors (Lipinski definition) is 2. The van der Waals surface area contributed by atoms with Gasteiger partial charge >= 0.3 is 0 Å². The molecule has 0 aromatic heterocycles. The maximum absolute atomic E-state index is 11.6. The Labute approximate surface area is 107 Å². The van der Waals surface area contributed by atoms with Gasteiger partial charge in [0.2, 0.25) is 5.91 Å². The summed E-state index contributed by atoms with van der Waals surface area (Å²) < 4.78 is 0. The van der Waals surface area contributed by atoms with E-state index in [9.17, 15) is 4.79 Å². The van der Waals surface area contributed by atoms with E-state index in [1.807, 2.05) is 6.92 Å². The summed E-state index contributed by atoms with van der Waals surface area (Å²) in [5.41, 5.74) is 7.88. The summed E-state index contributed by atoms with van der Waals surface area (Å²) in [7, 11) is 0. The molecular weight excluding hydrogens is 232 g/mol. The average Bonchev–Trinajstić information content (AvgIpc) is 2.30. The van der Waals surface area contributed by atoms with Gasteiger partial charge < -0.3 is 11.1 Å². The molecule has 1 rings (SSSR count). The molecule has 0 heterocycles. The summed E-state index contributed by atoms with van der Waals surface area (Å²) in [4.78, 5) is 12.8. The maximum Gasteiger partial charge on any atom is 0.230 e. The lowest BCUT2D eigenvalue weighted by molar-refractivity contribution is -0.119. The fourth-order valence-electron chi connectivity index (χ4n) is 1.38. The Morgan fingerprint density at radius 2 is 2.18 bits per heavy atom. The van der Waals surface area contributed by atoms with E-state index in [4.69, 9.17) is 5.73 Å². The molecule has 0 aliphatic heterocycles. The zero-order valence-electron chi connectivity index (χ0n) is 10.6. The Balaban J connectivity index is 2.50. The second kappa shape index (κ2) is 6.67. The average molecular weight is 252 g/mol. The molecule has 0 bridgehead atoms. The van der Waals surface area contributed by atoms with Crippen molar-refractivity contribution in [2.45, 2.75) is 31.7 Å². The van der Waals surface area contributed by atoms with E-state index < -0.39 is 0 Å². The quantitative estimate of drug-likeness (QED) is 0.786. The summed E-state index contributed by atoms with van der Waals surface area (Å²) in [6, 6.07) is 6.31. The van der Waals surface area contributed by atoms with Crippen LogP contribution >= 0.6 is 11.8 Å². The van der Waals surface area contributed by atoms with Gasteiger partial charge in [0, 0.05) is 17.5 Å². The lowest BCUT2D eigenvalue weighted by Crippen LogP contribution is -2.38. The van der Waals surface area contributed by atoms with Crippen molar-refractivity contribution >= 4 is 17.7 Å². The topological polar surface area (TPSA) is 55.1 Å². The number of carbonyl (C=O) groups excluding carboxylic acids is 1. The number of hydrogen-bond acceptors (Lipinski definition) is 3. The lowest BCUT2D eigenvalue weighted by Gasteiger charge is -2.11. The van der Waals surface area contributed by atoms with Crippen molar-refractivity contribution < 1.29 is 4.79 Å². The molecule has 0 aliphatic carbocycles. The summed E-state index contributed by atoms with van der Waals surface area (Å²) in [5.74, 6) is 0.475. The number of nitrogens with two attached hydrogens (primary N) is 1. The molecule has 94 valence electrons. The molecule has 0 fully saturated rings. The molecular formula is C13H20N2OS. The van der Waals surface area contributed by atoms with Gasteiger partial charge in [0.05, 0.1) is 5.75 Å². The summed E-state index contributed by atoms with van der Waals surface area (Å²) in [5, 5.41) is 2.85. The summed E-state index contributed by atoms with van der Waals surface area (Å²) >= 11 is 1.57. The molecule has 1 atom stereocenters. The van der Waals surface area contributed by atoms with Gasteiger partial charge in [-0.05, 0) is 32.4 Å². The molecule has 0 aliphatic rings. The van der Waals surface area contributed by atoms with Crippen molar-refractivity contribution in [1.82, 2.24) is 5.32 Å². The Morgan fingerprint density at radius 3 is 2.82 bits per heavy atom. The van der Waals surface area contributed by atoms with E-state index in [0.29, 0.717) is 12.3 Å². The predicted octanol–water partition coefficient (Wildman–Crippen LogP) is 1.86. The van der Waals surface area contributed by atoms with Crippen LogP contribution in [0.1, 0.15) is 18.1 Å². The monoisotopic (exact) mass is 252 g/mol. The van der Waals surface area contributed by atoms with E-state index >= 15 is 0 Å². The number of thioether (sulfide) groups is 1. The second-order valence-corrected chi connectivity index (χ2v) is 5.28. The van der Waals surface area contributed by atoms with Crippen molar-refractivity contribution in [3.8, 4) is 0 Å². The van der Waals surface area contributed by atoms with Gasteiger partial charge in [-0.2, -0.15) is 0 Å². The van der Waals surface area contributed by atoms with Crippen LogP contribution in [0.3, 0.4) is 0 Å². The highest BCUT2D eigenvalue weighted by atomic mass is 32.2. The third-order valence-corrected chi connectivity index (χ3v) is 3.62. The molecule has 1 aromatic rings. The van der Waals surface area contributed by atoms with Crippen LogP contribution in [0.2, 0.25) is 0 Å². The van der Waals surface area contributed by atoms with E-state index in [1.54, 1.807) is 11.8 Å². The SMILES string of the molecule is Cc1ccc(C)c(SCC(=O)N[C@@H](C)CN)c1. The lowest BCUT2D eigenvalue weighted by atomic mass is 10.2. The smallest absolute Gasteiger partial charge is 0.230 e. The first-order chi connectivity index (χ1) is 8.02. The maximum atomic E-state index is 11.6. The van der Waals surface area contributed by atoms with Crippen LogP contribution in [-0.2, 0) is 4.79 Å². The summed E-state index contributed by atoms with van der Waals surface area (Å²) in [6.45, 7) is 6.49. The van der Waals surface area contributed by atoms with Gasteiger partial charge in [0.1, 0.15) is 0 Å². The third kappa shape index (κ3) is 4.79. The molecule has 1 amide bonds. The Kier molecular flexibility index (Phi) is 5.51. The molecule has 4 heteroatoms. The zero-order chi connectivity index (χ0) is 12.8. The van der Waals surface area contributed by atoms with E-state index in [-0.39, 0.29) is 11.9 Å². The highest BCUT2D eigenvalue weighted by Crippen LogP contribution is 2.23. The molecule has 17 heavy (non-hydrogen) atoms. The molecule has 0 radical (unpaired) electrons. The molecule has 0 spiro atoms. The normalized spacial score (nSPS) is 12.2. The minimum absolute atomic E-state index is 0.0360. The van der Waals surface area contributed by atoms with Crippen LogP contribution in [0.25, 0.3) is 0 Å². The minimum Gasteiger partial charge on any atom is -0.352 e. The van der Waals surface area contributed by atoms with Gasteiger partial charge in [0.25, 0.3) is 0 Å². The molecule has 0 unspecified atom stereocenters. The van der Waals surface area contributed by atoms with Gasteiger partial charge in [-0.25, -0.2) is 0 Å². The van der Waals surface area contributed by atoms with Gasteiger partial charge in [-0.1, -0.05) is 17.7 Å². The molecule has 0 saturated carbocycles. The number of aryl methyl sites for hydroxylation is 2. The molecule has 1 aromatic carbocycles. The van der Waals surface area contributed by atoms with Crippen molar-refractivity contribution in [3.63, 3.8) is 0 Å². The first-order valence-corrected chi connectivity index (χ1v) is 6.71. The molecule has 0 saturated heterocycles. The van der Waals surface area contributed by atoms with Crippen LogP contribution in [0, 0.1) is 13.8 Å². The van der Waals surface area contributed by atoms with E-state index in [2.05, 4.69) is 37.4 Å². The standard InChI is InChI=1S/C13H20N2OS/c1-9-4-5-10(2)12(6-9)17-8-13(16)15-11(3)7-14/h4-6,11H,7-8,14H2,1-3H3,(H,15,16)/t11-/m0/s1. The Morgan fingerprint density at radius 1 is 1.47 bits per heavy atom. The summed E-state index contributed by atoms with van der Waals surface area (Å²) in [6.07, 6.45) is 0. The van der Waals surface area contributed by atoms with Crippen LogP contribution < -0.4 is 11.1 Å². The molecule has 3 nitrogen and oxygen atoms in total. The first kappa shape index (κ1) is 14.1. The molecule has 3 N–H and O–H groups in total. The van der Waals surface area contributed by atoms with Crippen LogP contribution in [0.4, 0.5) is 0 Å². The number of carbonyl (C=O) groups is 1. The van der Waals surface area contributed by atoms with E-state index in [1.165, 1.54) is 16.0 Å². The number of amides is 1. The first-order valence-electron chi connectivity index (χ1n) is 5.72. The fraction of sp³-hybridized carbons (Fsp3) is 0.462. The van der Waals surface area contributed by atoms with Crippen molar-refractivity contribution in [2.24, 2.45) is 5.73 Å². The second-order valence-electron chi connectivity index (χ2n) is 4.26. The highest BCUT2D eigenvalue weighted by molar-refractivity contribution is 8.00.